The van der Waals surface area contributed by atoms with Crippen LogP contribution in [0.3, 0.4) is 0 Å². The third-order valence-corrected chi connectivity index (χ3v) is 2.83. The standard InChI is InChI=1S/C9H6BrClFNO2/c10-4-3-5(11)7(12)8-9(4)15-2-1-6(14)13-8/h3H,1-2H2,(H,13,14). The Bertz CT molecular complexity index is 439. The van der Waals surface area contributed by atoms with Gasteiger partial charge in [0.15, 0.2) is 11.6 Å². The van der Waals surface area contributed by atoms with Crippen molar-refractivity contribution < 1.29 is 13.9 Å². The molecule has 1 aromatic rings. The number of amides is 1. The van der Waals surface area contributed by atoms with Gasteiger partial charge in [0, 0.05) is 0 Å². The highest BCUT2D eigenvalue weighted by Gasteiger charge is 2.22. The zero-order valence-corrected chi connectivity index (χ0v) is 9.78. The van der Waals surface area contributed by atoms with Gasteiger partial charge >= 0.3 is 0 Å². The summed E-state index contributed by atoms with van der Waals surface area (Å²) in [5, 5.41) is 2.36. The molecular formula is C9H6BrClFNO2. The van der Waals surface area contributed by atoms with Gasteiger partial charge in [0.2, 0.25) is 5.91 Å². The summed E-state index contributed by atoms with van der Waals surface area (Å²) >= 11 is 8.83. The van der Waals surface area contributed by atoms with Crippen LogP contribution >= 0.6 is 27.5 Å². The second kappa shape index (κ2) is 3.98. The molecule has 0 radical (unpaired) electrons. The van der Waals surface area contributed by atoms with Gasteiger partial charge in [0.25, 0.3) is 0 Å². The molecule has 1 heterocycles. The molecule has 1 aliphatic rings. The quantitative estimate of drug-likeness (QED) is 0.747. The summed E-state index contributed by atoms with van der Waals surface area (Å²) < 4.78 is 19.3. The molecule has 1 amide bonds. The smallest absolute Gasteiger partial charge is 0.227 e. The number of anilines is 1. The summed E-state index contributed by atoms with van der Waals surface area (Å²) in [6.07, 6.45) is 0.193. The Morgan fingerprint density at radius 2 is 2.33 bits per heavy atom. The van der Waals surface area contributed by atoms with Gasteiger partial charge in [-0.2, -0.15) is 0 Å². The summed E-state index contributed by atoms with van der Waals surface area (Å²) in [7, 11) is 0. The molecule has 80 valence electrons. The Labute approximate surface area is 98.7 Å². The summed E-state index contributed by atoms with van der Waals surface area (Å²) in [5.74, 6) is -0.685. The molecule has 0 spiro atoms. The van der Waals surface area contributed by atoms with Crippen molar-refractivity contribution in [3.63, 3.8) is 0 Å². The molecule has 0 aromatic heterocycles. The summed E-state index contributed by atoms with van der Waals surface area (Å²) in [5.41, 5.74) is -0.00289. The van der Waals surface area contributed by atoms with Crippen LogP contribution in [-0.2, 0) is 4.79 Å². The van der Waals surface area contributed by atoms with Crippen LogP contribution in [0.25, 0.3) is 0 Å². The Morgan fingerprint density at radius 3 is 3.07 bits per heavy atom. The van der Waals surface area contributed by atoms with Gasteiger partial charge < -0.3 is 10.1 Å². The van der Waals surface area contributed by atoms with Gasteiger partial charge in [-0.25, -0.2) is 4.39 Å². The molecule has 15 heavy (non-hydrogen) atoms. The monoisotopic (exact) mass is 293 g/mol. The van der Waals surface area contributed by atoms with Crippen molar-refractivity contribution in [1.29, 1.82) is 0 Å². The number of rotatable bonds is 0. The van der Waals surface area contributed by atoms with Gasteiger partial charge in [-0.15, -0.1) is 0 Å². The Hall–Kier alpha value is -0.810. The highest BCUT2D eigenvalue weighted by molar-refractivity contribution is 9.10. The van der Waals surface area contributed by atoms with Crippen LogP contribution in [0.2, 0.25) is 5.02 Å². The minimum absolute atomic E-state index is 0.00289. The Morgan fingerprint density at radius 1 is 1.60 bits per heavy atom. The van der Waals surface area contributed by atoms with Crippen molar-refractivity contribution in [2.75, 3.05) is 11.9 Å². The molecule has 3 nitrogen and oxygen atoms in total. The van der Waals surface area contributed by atoms with E-state index in [-0.39, 0.29) is 35.4 Å². The van der Waals surface area contributed by atoms with E-state index >= 15 is 0 Å². The third kappa shape index (κ3) is 1.94. The second-order valence-corrected chi connectivity index (χ2v) is 4.27. The minimum atomic E-state index is -0.676. The second-order valence-electron chi connectivity index (χ2n) is 3.00. The molecule has 0 bridgehead atoms. The number of carbonyl (C=O) groups excluding carboxylic acids is 1. The lowest BCUT2D eigenvalue weighted by molar-refractivity contribution is -0.116. The predicted molar refractivity (Wildman–Crippen MR) is 57.9 cm³/mol. The lowest BCUT2D eigenvalue weighted by atomic mass is 10.2. The molecule has 0 unspecified atom stereocenters. The fourth-order valence-corrected chi connectivity index (χ4v) is 2.16. The number of nitrogens with one attached hydrogen (secondary N) is 1. The average Bonchev–Trinajstić information content (AvgIpc) is 2.37. The number of ether oxygens (including phenoxy) is 1. The van der Waals surface area contributed by atoms with Crippen LogP contribution < -0.4 is 10.1 Å². The third-order valence-electron chi connectivity index (χ3n) is 1.97. The molecular weight excluding hydrogens is 288 g/mol. The van der Waals surface area contributed by atoms with Crippen LogP contribution in [0.4, 0.5) is 10.1 Å². The number of fused-ring (bicyclic) bond motifs is 1. The number of hydrogen-bond acceptors (Lipinski definition) is 2. The van der Waals surface area contributed by atoms with Gasteiger partial charge in [0.05, 0.1) is 22.5 Å². The van der Waals surface area contributed by atoms with E-state index in [4.69, 9.17) is 16.3 Å². The first-order valence-corrected chi connectivity index (χ1v) is 5.37. The first-order valence-electron chi connectivity index (χ1n) is 4.19. The molecule has 0 aliphatic carbocycles. The number of hydrogen-bond donors (Lipinski definition) is 1. The normalized spacial score (nSPS) is 15.0. The van der Waals surface area contributed by atoms with E-state index in [2.05, 4.69) is 21.2 Å². The Kier molecular flexibility index (Phi) is 2.84. The van der Waals surface area contributed by atoms with Gasteiger partial charge in [-0.05, 0) is 22.0 Å². The summed E-state index contributed by atoms with van der Waals surface area (Å²) in [4.78, 5) is 11.2. The van der Waals surface area contributed by atoms with Crippen LogP contribution in [-0.4, -0.2) is 12.5 Å². The van der Waals surface area contributed by atoms with Crippen molar-refractivity contribution in [2.45, 2.75) is 6.42 Å². The summed E-state index contributed by atoms with van der Waals surface area (Å²) in [6, 6.07) is 1.40. The fourth-order valence-electron chi connectivity index (χ4n) is 1.28. The number of halogens is 3. The van der Waals surface area contributed by atoms with Gasteiger partial charge in [-0.3, -0.25) is 4.79 Å². The lowest BCUT2D eigenvalue weighted by Gasteiger charge is -2.10. The highest BCUT2D eigenvalue weighted by Crippen LogP contribution is 2.40. The molecule has 0 atom stereocenters. The minimum Gasteiger partial charge on any atom is -0.490 e. The van der Waals surface area contributed by atoms with Crippen molar-refractivity contribution in [3.05, 3.63) is 21.4 Å². The number of benzene rings is 1. The maximum Gasteiger partial charge on any atom is 0.227 e. The molecule has 0 saturated carbocycles. The van der Waals surface area contributed by atoms with E-state index < -0.39 is 5.82 Å². The average molecular weight is 295 g/mol. The van der Waals surface area contributed by atoms with E-state index in [1.807, 2.05) is 0 Å². The largest absolute Gasteiger partial charge is 0.490 e. The van der Waals surface area contributed by atoms with E-state index in [0.29, 0.717) is 4.47 Å². The van der Waals surface area contributed by atoms with Crippen molar-refractivity contribution in [2.24, 2.45) is 0 Å². The van der Waals surface area contributed by atoms with Gasteiger partial charge in [-0.1, -0.05) is 11.6 Å². The highest BCUT2D eigenvalue weighted by atomic mass is 79.9. The molecule has 0 saturated heterocycles. The molecule has 2 rings (SSSR count). The van der Waals surface area contributed by atoms with E-state index in [1.54, 1.807) is 0 Å². The molecule has 1 aliphatic heterocycles. The maximum atomic E-state index is 13.6. The van der Waals surface area contributed by atoms with Crippen LogP contribution in [0.15, 0.2) is 10.5 Å². The maximum absolute atomic E-state index is 13.6. The first-order chi connectivity index (χ1) is 7.09. The summed E-state index contributed by atoms with van der Waals surface area (Å²) in [6.45, 7) is 0.221. The zero-order valence-electron chi connectivity index (χ0n) is 7.44. The van der Waals surface area contributed by atoms with E-state index in [1.165, 1.54) is 6.07 Å². The molecule has 1 aromatic carbocycles. The van der Waals surface area contributed by atoms with Crippen molar-refractivity contribution in [1.82, 2.24) is 0 Å². The van der Waals surface area contributed by atoms with E-state index in [9.17, 15) is 9.18 Å². The number of carbonyl (C=O) groups is 1. The molecule has 1 N–H and O–H groups in total. The fraction of sp³-hybridized carbons (Fsp3) is 0.222. The first kappa shape index (κ1) is 10.7. The SMILES string of the molecule is O=C1CCOc2c(Br)cc(Cl)c(F)c2N1. The topological polar surface area (TPSA) is 38.3 Å². The molecule has 0 fully saturated rings. The van der Waals surface area contributed by atoms with Crippen LogP contribution in [0.5, 0.6) is 5.75 Å². The van der Waals surface area contributed by atoms with Crippen molar-refractivity contribution in [3.8, 4) is 5.75 Å². The predicted octanol–water partition coefficient (Wildman–Crippen LogP) is 2.96. The van der Waals surface area contributed by atoms with Crippen LogP contribution in [0, 0.1) is 5.82 Å². The molecule has 6 heteroatoms. The lowest BCUT2D eigenvalue weighted by Crippen LogP contribution is -2.11. The Balaban J connectivity index is 2.60. The van der Waals surface area contributed by atoms with Gasteiger partial charge in [0.1, 0.15) is 5.69 Å². The van der Waals surface area contributed by atoms with Crippen LogP contribution in [0.1, 0.15) is 6.42 Å². The van der Waals surface area contributed by atoms with Crippen molar-refractivity contribution >= 4 is 39.1 Å². The van der Waals surface area contributed by atoms with E-state index in [0.717, 1.165) is 0 Å². The zero-order chi connectivity index (χ0) is 11.0.